The maximum absolute atomic E-state index is 4.55. The van der Waals surface area contributed by atoms with Crippen LogP contribution in [0, 0.1) is 0 Å². The Morgan fingerprint density at radius 3 is 3.00 bits per heavy atom. The number of pyridine rings is 1. The molecule has 0 fully saturated rings. The molecule has 0 spiro atoms. The summed E-state index contributed by atoms with van der Waals surface area (Å²) >= 11 is 0. The highest BCUT2D eigenvalue weighted by Crippen LogP contribution is 2.39. The average Bonchev–Trinajstić information content (AvgIpc) is 2.85. The van der Waals surface area contributed by atoms with Gasteiger partial charge in [-0.2, -0.15) is 0 Å². The molecule has 0 radical (unpaired) electrons. The molecule has 3 rings (SSSR count). The normalized spacial score (nSPS) is 19.5. The number of fused-ring (bicyclic) bond motifs is 1. The summed E-state index contributed by atoms with van der Waals surface area (Å²) in [6.07, 6.45) is 7.51. The van der Waals surface area contributed by atoms with Crippen molar-refractivity contribution >= 4 is 0 Å². The van der Waals surface area contributed by atoms with Gasteiger partial charge in [-0.25, -0.2) is 9.97 Å². The van der Waals surface area contributed by atoms with Gasteiger partial charge in [-0.1, -0.05) is 6.07 Å². The Morgan fingerprint density at radius 2 is 2.22 bits per heavy atom. The van der Waals surface area contributed by atoms with Gasteiger partial charge in [-0.05, 0) is 37.6 Å². The van der Waals surface area contributed by atoms with Crippen molar-refractivity contribution in [3.63, 3.8) is 0 Å². The number of likely N-dealkylation sites (N-methyl/N-ethyl adjacent to an activating group) is 1. The molecule has 0 bridgehead atoms. The van der Waals surface area contributed by atoms with Crippen molar-refractivity contribution in [3.05, 3.63) is 53.9 Å². The summed E-state index contributed by atoms with van der Waals surface area (Å²) in [5, 5.41) is 3.37. The van der Waals surface area contributed by atoms with E-state index in [1.807, 2.05) is 25.4 Å². The van der Waals surface area contributed by atoms with Gasteiger partial charge < -0.3 is 5.32 Å². The lowest BCUT2D eigenvalue weighted by Gasteiger charge is -2.22. The molecule has 2 aromatic heterocycles. The summed E-state index contributed by atoms with van der Waals surface area (Å²) in [6, 6.07) is 6.38. The Bertz CT molecular complexity index is 526. The number of aryl methyl sites for hydroxylation is 1. The van der Waals surface area contributed by atoms with Crippen LogP contribution >= 0.6 is 0 Å². The van der Waals surface area contributed by atoms with Crippen LogP contribution in [-0.2, 0) is 6.42 Å². The van der Waals surface area contributed by atoms with Crippen molar-refractivity contribution in [1.29, 1.82) is 0 Å². The first-order valence-corrected chi connectivity index (χ1v) is 6.27. The van der Waals surface area contributed by atoms with E-state index in [0.717, 1.165) is 18.5 Å². The first kappa shape index (κ1) is 11.3. The van der Waals surface area contributed by atoms with Gasteiger partial charge in [0, 0.05) is 24.0 Å². The van der Waals surface area contributed by atoms with Gasteiger partial charge in [0.2, 0.25) is 0 Å². The Balaban J connectivity index is 1.95. The molecular weight excluding hydrogens is 224 g/mol. The molecule has 2 atom stereocenters. The topological polar surface area (TPSA) is 50.7 Å². The van der Waals surface area contributed by atoms with Gasteiger partial charge in [-0.3, -0.25) is 4.98 Å². The third kappa shape index (κ3) is 1.88. The number of rotatable bonds is 3. The van der Waals surface area contributed by atoms with Gasteiger partial charge in [0.1, 0.15) is 6.33 Å². The lowest BCUT2D eigenvalue weighted by molar-refractivity contribution is 0.459. The van der Waals surface area contributed by atoms with Crippen LogP contribution < -0.4 is 5.32 Å². The SMILES string of the molecule is CNC(c1ccncn1)C1CCc2cccnc21. The van der Waals surface area contributed by atoms with E-state index < -0.39 is 0 Å². The summed E-state index contributed by atoms with van der Waals surface area (Å²) in [4.78, 5) is 12.9. The van der Waals surface area contributed by atoms with E-state index in [2.05, 4.69) is 26.3 Å². The van der Waals surface area contributed by atoms with Crippen LogP contribution in [0.25, 0.3) is 0 Å². The maximum atomic E-state index is 4.55. The molecule has 2 unspecified atom stereocenters. The molecular formula is C14H16N4. The Kier molecular flexibility index (Phi) is 3.02. The molecule has 0 aromatic carbocycles. The van der Waals surface area contributed by atoms with E-state index >= 15 is 0 Å². The molecule has 2 heterocycles. The minimum absolute atomic E-state index is 0.212. The third-order valence-electron chi connectivity index (χ3n) is 3.64. The molecule has 92 valence electrons. The quantitative estimate of drug-likeness (QED) is 0.889. The Hall–Kier alpha value is -1.81. The molecule has 0 amide bonds. The lowest BCUT2D eigenvalue weighted by Crippen LogP contribution is -2.24. The molecule has 0 aliphatic heterocycles. The highest BCUT2D eigenvalue weighted by molar-refractivity contribution is 5.31. The molecule has 18 heavy (non-hydrogen) atoms. The van der Waals surface area contributed by atoms with Crippen molar-refractivity contribution in [2.45, 2.75) is 24.8 Å². The predicted molar refractivity (Wildman–Crippen MR) is 69.1 cm³/mol. The van der Waals surface area contributed by atoms with Crippen molar-refractivity contribution in [2.24, 2.45) is 0 Å². The highest BCUT2D eigenvalue weighted by Gasteiger charge is 2.31. The Morgan fingerprint density at radius 1 is 1.28 bits per heavy atom. The number of nitrogens with one attached hydrogen (secondary N) is 1. The van der Waals surface area contributed by atoms with E-state index in [-0.39, 0.29) is 6.04 Å². The van der Waals surface area contributed by atoms with Crippen LogP contribution in [0.1, 0.15) is 35.3 Å². The molecule has 0 saturated heterocycles. The number of aromatic nitrogens is 3. The van der Waals surface area contributed by atoms with Crippen molar-refractivity contribution < 1.29 is 0 Å². The highest BCUT2D eigenvalue weighted by atomic mass is 14.9. The first-order valence-electron chi connectivity index (χ1n) is 6.27. The van der Waals surface area contributed by atoms with E-state index in [1.54, 1.807) is 12.5 Å². The fraction of sp³-hybridized carbons (Fsp3) is 0.357. The van der Waals surface area contributed by atoms with Crippen LogP contribution in [0.4, 0.5) is 0 Å². The fourth-order valence-electron chi connectivity index (χ4n) is 2.81. The van der Waals surface area contributed by atoms with Gasteiger partial charge >= 0.3 is 0 Å². The second kappa shape index (κ2) is 4.82. The minimum atomic E-state index is 0.212. The zero-order chi connectivity index (χ0) is 12.4. The lowest BCUT2D eigenvalue weighted by atomic mass is 9.94. The van der Waals surface area contributed by atoms with Crippen molar-refractivity contribution in [1.82, 2.24) is 20.3 Å². The predicted octanol–water partition coefficient (Wildman–Crippen LogP) is 1.86. The Labute approximate surface area is 107 Å². The zero-order valence-electron chi connectivity index (χ0n) is 10.4. The van der Waals surface area contributed by atoms with Gasteiger partial charge in [0.25, 0.3) is 0 Å². The number of hydrogen-bond acceptors (Lipinski definition) is 4. The second-order valence-electron chi connectivity index (χ2n) is 4.59. The third-order valence-corrected chi connectivity index (χ3v) is 3.64. The van der Waals surface area contributed by atoms with E-state index in [1.165, 1.54) is 11.3 Å². The zero-order valence-corrected chi connectivity index (χ0v) is 10.4. The second-order valence-corrected chi connectivity index (χ2v) is 4.59. The van der Waals surface area contributed by atoms with Gasteiger partial charge in [-0.15, -0.1) is 0 Å². The van der Waals surface area contributed by atoms with Crippen molar-refractivity contribution in [2.75, 3.05) is 7.05 Å². The van der Waals surface area contributed by atoms with E-state index in [0.29, 0.717) is 5.92 Å². The number of hydrogen-bond donors (Lipinski definition) is 1. The van der Waals surface area contributed by atoms with Crippen LogP contribution in [0.5, 0.6) is 0 Å². The monoisotopic (exact) mass is 240 g/mol. The molecule has 1 aliphatic rings. The average molecular weight is 240 g/mol. The molecule has 1 aliphatic carbocycles. The van der Waals surface area contributed by atoms with Gasteiger partial charge in [0.15, 0.2) is 0 Å². The number of nitrogens with zero attached hydrogens (tertiary/aromatic N) is 3. The summed E-state index contributed by atoms with van der Waals surface area (Å²) in [7, 11) is 1.98. The first-order chi connectivity index (χ1) is 8.90. The minimum Gasteiger partial charge on any atom is -0.311 e. The van der Waals surface area contributed by atoms with Crippen LogP contribution in [0.15, 0.2) is 36.9 Å². The largest absolute Gasteiger partial charge is 0.311 e. The summed E-state index contributed by atoms with van der Waals surface area (Å²) in [5.74, 6) is 0.404. The van der Waals surface area contributed by atoms with Gasteiger partial charge in [0.05, 0.1) is 11.7 Å². The smallest absolute Gasteiger partial charge is 0.115 e. The molecule has 0 saturated carbocycles. The van der Waals surface area contributed by atoms with Crippen LogP contribution in [-0.4, -0.2) is 22.0 Å². The molecule has 4 nitrogen and oxygen atoms in total. The van der Waals surface area contributed by atoms with Crippen molar-refractivity contribution in [3.8, 4) is 0 Å². The summed E-state index contributed by atoms with van der Waals surface area (Å²) in [5.41, 5.74) is 3.63. The van der Waals surface area contributed by atoms with E-state index in [9.17, 15) is 0 Å². The maximum Gasteiger partial charge on any atom is 0.115 e. The van der Waals surface area contributed by atoms with Crippen LogP contribution in [0.3, 0.4) is 0 Å². The summed E-state index contributed by atoms with van der Waals surface area (Å²) in [6.45, 7) is 0. The van der Waals surface area contributed by atoms with E-state index in [4.69, 9.17) is 0 Å². The molecule has 4 heteroatoms. The fourth-order valence-corrected chi connectivity index (χ4v) is 2.81. The standard InChI is InChI=1S/C14H16N4/c1-15-14(12-6-8-16-9-18-12)11-5-4-10-3-2-7-17-13(10)11/h2-3,6-9,11,14-15H,4-5H2,1H3. The summed E-state index contributed by atoms with van der Waals surface area (Å²) < 4.78 is 0. The van der Waals surface area contributed by atoms with Crippen LogP contribution in [0.2, 0.25) is 0 Å². The molecule has 2 aromatic rings. The molecule has 1 N–H and O–H groups in total.